The predicted octanol–water partition coefficient (Wildman–Crippen LogP) is 3.57. The lowest BCUT2D eigenvalue weighted by Crippen LogP contribution is -2.44. The Morgan fingerprint density at radius 3 is 2.68 bits per heavy atom. The number of carbonyl (C=O) groups is 1. The Morgan fingerprint density at radius 1 is 1.16 bits per heavy atom. The van der Waals surface area contributed by atoms with Gasteiger partial charge in [-0.3, -0.25) is 9.69 Å². The molecule has 1 aromatic carbocycles. The molecule has 1 spiro atoms. The predicted molar refractivity (Wildman–Crippen MR) is 111 cm³/mol. The van der Waals surface area contributed by atoms with Crippen molar-refractivity contribution >= 4 is 5.91 Å². The van der Waals surface area contributed by atoms with Crippen molar-refractivity contribution < 1.29 is 13.7 Å². The number of pyridine rings is 1. The highest BCUT2D eigenvalue weighted by Gasteiger charge is 2.46. The molecular formula is C23H24FN5O2. The van der Waals surface area contributed by atoms with E-state index in [-0.39, 0.29) is 23.1 Å². The zero-order valence-corrected chi connectivity index (χ0v) is 17.4. The summed E-state index contributed by atoms with van der Waals surface area (Å²) < 4.78 is 19.5. The van der Waals surface area contributed by atoms with E-state index in [1.54, 1.807) is 4.90 Å². The van der Waals surface area contributed by atoms with Crippen molar-refractivity contribution in [2.24, 2.45) is 5.41 Å². The van der Waals surface area contributed by atoms with Gasteiger partial charge < -0.3 is 9.42 Å². The van der Waals surface area contributed by atoms with Crippen LogP contribution in [0.4, 0.5) is 4.39 Å². The van der Waals surface area contributed by atoms with E-state index in [0.717, 1.165) is 31.4 Å². The van der Waals surface area contributed by atoms with Crippen molar-refractivity contribution in [3.63, 3.8) is 0 Å². The summed E-state index contributed by atoms with van der Waals surface area (Å²) in [6, 6.07) is 12.6. The number of piperidine rings is 1. The van der Waals surface area contributed by atoms with Crippen LogP contribution in [0.1, 0.15) is 41.6 Å². The summed E-state index contributed by atoms with van der Waals surface area (Å²) in [4.78, 5) is 25.3. The van der Waals surface area contributed by atoms with Gasteiger partial charge in [0.15, 0.2) is 17.3 Å². The molecule has 1 atom stereocenters. The summed E-state index contributed by atoms with van der Waals surface area (Å²) in [7, 11) is 2.08. The van der Waals surface area contributed by atoms with Gasteiger partial charge in [-0.1, -0.05) is 23.4 Å². The molecule has 7 nitrogen and oxygen atoms in total. The molecule has 31 heavy (non-hydrogen) atoms. The van der Waals surface area contributed by atoms with Crippen molar-refractivity contribution in [1.82, 2.24) is 24.9 Å². The number of rotatable bonds is 3. The first-order valence-corrected chi connectivity index (χ1v) is 10.5. The summed E-state index contributed by atoms with van der Waals surface area (Å²) in [6.45, 7) is 2.10. The minimum atomic E-state index is -0.570. The third kappa shape index (κ3) is 3.72. The number of halogens is 1. The maximum atomic E-state index is 14.0. The van der Waals surface area contributed by atoms with Crippen LogP contribution in [-0.4, -0.2) is 57.5 Å². The number of hydrogen-bond acceptors (Lipinski definition) is 6. The van der Waals surface area contributed by atoms with Gasteiger partial charge in [-0.15, -0.1) is 0 Å². The minimum Gasteiger partial charge on any atom is -0.337 e. The molecule has 160 valence electrons. The highest BCUT2D eigenvalue weighted by molar-refractivity contribution is 5.92. The topological polar surface area (TPSA) is 75.4 Å². The molecule has 1 unspecified atom stereocenters. The lowest BCUT2D eigenvalue weighted by Gasteiger charge is -2.39. The summed E-state index contributed by atoms with van der Waals surface area (Å²) in [5.41, 5.74) is 0.900. The molecule has 1 amide bonds. The number of benzene rings is 1. The van der Waals surface area contributed by atoms with E-state index in [4.69, 9.17) is 4.52 Å². The second kappa shape index (κ2) is 7.85. The van der Waals surface area contributed by atoms with Crippen molar-refractivity contribution in [3.8, 4) is 11.5 Å². The first kappa shape index (κ1) is 19.8. The number of hydrogen-bond donors (Lipinski definition) is 0. The van der Waals surface area contributed by atoms with E-state index < -0.39 is 5.82 Å². The van der Waals surface area contributed by atoms with Gasteiger partial charge in [-0.25, -0.2) is 9.37 Å². The van der Waals surface area contributed by atoms with E-state index in [1.807, 2.05) is 30.3 Å². The molecule has 0 bridgehead atoms. The van der Waals surface area contributed by atoms with Crippen LogP contribution in [0.25, 0.3) is 11.5 Å². The summed E-state index contributed by atoms with van der Waals surface area (Å²) >= 11 is 0. The van der Waals surface area contributed by atoms with Crippen molar-refractivity contribution in [2.75, 3.05) is 26.7 Å². The molecule has 2 aromatic heterocycles. The van der Waals surface area contributed by atoms with E-state index >= 15 is 0 Å². The van der Waals surface area contributed by atoms with Gasteiger partial charge >= 0.3 is 0 Å². The highest BCUT2D eigenvalue weighted by atomic mass is 19.1. The summed E-state index contributed by atoms with van der Waals surface area (Å²) in [6.07, 6.45) is 4.08. The SMILES string of the molecule is CN1CC2(CCN(C(=O)c3ncccc3F)CC2)CC1c1noc(-c2ccccc2)n1. The van der Waals surface area contributed by atoms with Gasteiger partial charge in [0.2, 0.25) is 0 Å². The molecule has 3 aromatic rings. The van der Waals surface area contributed by atoms with Gasteiger partial charge in [0.05, 0.1) is 6.04 Å². The molecule has 0 saturated carbocycles. The zero-order chi connectivity index (χ0) is 21.4. The van der Waals surface area contributed by atoms with Crippen LogP contribution < -0.4 is 0 Å². The fourth-order valence-electron chi connectivity index (χ4n) is 4.87. The van der Waals surface area contributed by atoms with Crippen molar-refractivity contribution in [1.29, 1.82) is 0 Å². The fourth-order valence-corrected chi connectivity index (χ4v) is 4.87. The summed E-state index contributed by atoms with van der Waals surface area (Å²) in [5, 5.41) is 4.25. The molecule has 2 saturated heterocycles. The summed E-state index contributed by atoms with van der Waals surface area (Å²) in [5.74, 6) is 0.330. The van der Waals surface area contributed by atoms with Crippen LogP contribution in [0.3, 0.4) is 0 Å². The number of amides is 1. The van der Waals surface area contributed by atoms with Crippen LogP contribution >= 0.6 is 0 Å². The van der Waals surface area contributed by atoms with Crippen LogP contribution in [0, 0.1) is 11.2 Å². The fraction of sp³-hybridized carbons (Fsp3) is 0.391. The largest absolute Gasteiger partial charge is 0.337 e. The number of carbonyl (C=O) groups excluding carboxylic acids is 1. The molecule has 0 aliphatic carbocycles. The second-order valence-electron chi connectivity index (χ2n) is 8.58. The number of nitrogens with zero attached hydrogens (tertiary/aromatic N) is 5. The quantitative estimate of drug-likeness (QED) is 0.644. The van der Waals surface area contributed by atoms with Gasteiger partial charge in [0.25, 0.3) is 11.8 Å². The maximum absolute atomic E-state index is 14.0. The molecule has 0 radical (unpaired) electrons. The maximum Gasteiger partial charge on any atom is 0.275 e. The Morgan fingerprint density at radius 2 is 1.94 bits per heavy atom. The van der Waals surface area contributed by atoms with Gasteiger partial charge in [0, 0.05) is 31.4 Å². The Bertz CT molecular complexity index is 1080. The Labute approximate surface area is 179 Å². The van der Waals surface area contributed by atoms with Gasteiger partial charge in [-0.05, 0) is 56.0 Å². The third-order valence-corrected chi connectivity index (χ3v) is 6.58. The lowest BCUT2D eigenvalue weighted by molar-refractivity contribution is 0.0583. The average Bonchev–Trinajstić information content (AvgIpc) is 3.40. The van der Waals surface area contributed by atoms with E-state index in [9.17, 15) is 9.18 Å². The molecular weight excluding hydrogens is 397 g/mol. The molecule has 4 heterocycles. The average molecular weight is 421 g/mol. The standard InChI is InChI=1S/C23H24FN5O2/c1-28-15-23(9-12-29(13-10-23)22(30)19-17(24)8-5-11-25-19)14-18(28)20-26-21(31-27-20)16-6-3-2-4-7-16/h2-8,11,18H,9-10,12-15H2,1H3. The van der Waals surface area contributed by atoms with Crippen molar-refractivity contribution in [3.05, 3.63) is 66.0 Å². The molecule has 0 N–H and O–H groups in total. The first-order chi connectivity index (χ1) is 15.0. The number of aromatic nitrogens is 3. The smallest absolute Gasteiger partial charge is 0.275 e. The zero-order valence-electron chi connectivity index (χ0n) is 17.4. The number of likely N-dealkylation sites (tertiary alicyclic amines) is 2. The normalized spacial score (nSPS) is 21.0. The van der Waals surface area contributed by atoms with Crippen LogP contribution in [0.2, 0.25) is 0 Å². The van der Waals surface area contributed by atoms with Crippen LogP contribution in [0.15, 0.2) is 53.2 Å². The van der Waals surface area contributed by atoms with Gasteiger partial charge in [0.1, 0.15) is 0 Å². The van der Waals surface area contributed by atoms with Crippen LogP contribution in [0.5, 0.6) is 0 Å². The van der Waals surface area contributed by atoms with E-state index in [2.05, 4.69) is 27.1 Å². The molecule has 2 aliphatic heterocycles. The third-order valence-electron chi connectivity index (χ3n) is 6.58. The molecule has 2 aliphatic rings. The minimum absolute atomic E-state index is 0.0803. The highest BCUT2D eigenvalue weighted by Crippen LogP contribution is 2.48. The Kier molecular flexibility index (Phi) is 5.02. The molecule has 2 fully saturated rings. The van der Waals surface area contributed by atoms with E-state index in [0.29, 0.717) is 24.8 Å². The Hall–Kier alpha value is -3.13. The first-order valence-electron chi connectivity index (χ1n) is 10.5. The van der Waals surface area contributed by atoms with Crippen molar-refractivity contribution in [2.45, 2.75) is 25.3 Å². The molecule has 5 rings (SSSR count). The monoisotopic (exact) mass is 421 g/mol. The Balaban J connectivity index is 1.27. The van der Waals surface area contributed by atoms with Crippen LogP contribution in [-0.2, 0) is 0 Å². The second-order valence-corrected chi connectivity index (χ2v) is 8.58. The molecule has 8 heteroatoms. The van der Waals surface area contributed by atoms with Gasteiger partial charge in [-0.2, -0.15) is 4.98 Å². The van der Waals surface area contributed by atoms with E-state index in [1.165, 1.54) is 18.3 Å². The lowest BCUT2D eigenvalue weighted by atomic mass is 9.76.